The van der Waals surface area contributed by atoms with E-state index in [0.29, 0.717) is 12.1 Å². The number of aromatic carboxylic acids is 1. The van der Waals surface area contributed by atoms with Crippen molar-refractivity contribution < 1.29 is 9.90 Å². The summed E-state index contributed by atoms with van der Waals surface area (Å²) in [5, 5.41) is 14.7. The first-order valence-corrected chi connectivity index (χ1v) is 6.77. The summed E-state index contributed by atoms with van der Waals surface area (Å²) in [6.45, 7) is 0.661. The van der Waals surface area contributed by atoms with Crippen LogP contribution in [0.2, 0.25) is 0 Å². The van der Waals surface area contributed by atoms with Crippen LogP contribution in [0.3, 0.4) is 0 Å². The van der Waals surface area contributed by atoms with E-state index < -0.39 is 5.97 Å². The summed E-state index contributed by atoms with van der Waals surface area (Å²) in [6, 6.07) is 21.4. The number of nitrogens with one attached hydrogen (secondary N) is 1. The minimum absolute atomic E-state index is 0.290. The van der Waals surface area contributed by atoms with Crippen LogP contribution in [-0.2, 0) is 6.54 Å². The molecule has 0 aliphatic carbocycles. The number of rotatable bonds is 4. The van der Waals surface area contributed by atoms with Crippen molar-refractivity contribution in [3.63, 3.8) is 0 Å². The molecule has 3 rings (SSSR count). The number of carboxylic acid groups (broad SMARTS) is 1. The third kappa shape index (κ3) is 3.03. The van der Waals surface area contributed by atoms with Crippen molar-refractivity contribution >= 4 is 22.4 Å². The number of benzene rings is 3. The lowest BCUT2D eigenvalue weighted by atomic mass is 10.1. The zero-order chi connectivity index (χ0) is 14.7. The minimum Gasteiger partial charge on any atom is -0.478 e. The van der Waals surface area contributed by atoms with Crippen LogP contribution in [0.1, 0.15) is 15.9 Å². The minimum atomic E-state index is -0.913. The smallest absolute Gasteiger partial charge is 0.335 e. The third-order valence-electron chi connectivity index (χ3n) is 3.42. The average molecular weight is 277 g/mol. The highest BCUT2D eigenvalue weighted by molar-refractivity contribution is 5.88. The van der Waals surface area contributed by atoms with Crippen molar-refractivity contribution in [2.45, 2.75) is 6.54 Å². The highest BCUT2D eigenvalue weighted by Crippen LogP contribution is 2.17. The predicted octanol–water partition coefficient (Wildman–Crippen LogP) is 4.15. The van der Waals surface area contributed by atoms with E-state index in [1.807, 2.05) is 18.2 Å². The highest BCUT2D eigenvalue weighted by Gasteiger charge is 2.03. The Kier molecular flexibility index (Phi) is 3.56. The van der Waals surface area contributed by atoms with Gasteiger partial charge in [-0.15, -0.1) is 0 Å². The van der Waals surface area contributed by atoms with Gasteiger partial charge in [0.15, 0.2) is 0 Å². The van der Waals surface area contributed by atoms with Crippen LogP contribution in [0.25, 0.3) is 10.8 Å². The van der Waals surface area contributed by atoms with Gasteiger partial charge < -0.3 is 10.4 Å². The highest BCUT2D eigenvalue weighted by atomic mass is 16.4. The molecule has 3 heteroatoms. The largest absolute Gasteiger partial charge is 0.478 e. The lowest BCUT2D eigenvalue weighted by molar-refractivity contribution is 0.0697. The monoisotopic (exact) mass is 277 g/mol. The Morgan fingerprint density at radius 1 is 0.905 bits per heavy atom. The number of fused-ring (bicyclic) bond motifs is 1. The zero-order valence-electron chi connectivity index (χ0n) is 11.4. The molecule has 3 aromatic carbocycles. The number of hydrogen-bond donors (Lipinski definition) is 2. The maximum Gasteiger partial charge on any atom is 0.335 e. The quantitative estimate of drug-likeness (QED) is 0.753. The first kappa shape index (κ1) is 13.2. The molecule has 21 heavy (non-hydrogen) atoms. The van der Waals surface area contributed by atoms with Crippen molar-refractivity contribution in [1.29, 1.82) is 0 Å². The standard InChI is InChI=1S/C18H15NO2/c20-18(21)16-6-3-7-17(11-16)19-12-13-8-9-14-4-1-2-5-15(14)10-13/h1-11,19H,12H2,(H,20,21). The van der Waals surface area contributed by atoms with E-state index in [2.05, 4.69) is 35.6 Å². The second kappa shape index (κ2) is 5.67. The summed E-state index contributed by atoms with van der Waals surface area (Å²) < 4.78 is 0. The lowest BCUT2D eigenvalue weighted by Gasteiger charge is -2.08. The molecule has 2 N–H and O–H groups in total. The Morgan fingerprint density at radius 3 is 2.52 bits per heavy atom. The van der Waals surface area contributed by atoms with Gasteiger partial charge in [0.1, 0.15) is 0 Å². The van der Waals surface area contributed by atoms with E-state index in [4.69, 9.17) is 5.11 Å². The normalized spacial score (nSPS) is 10.5. The van der Waals surface area contributed by atoms with E-state index >= 15 is 0 Å². The van der Waals surface area contributed by atoms with Crippen molar-refractivity contribution in [2.24, 2.45) is 0 Å². The molecular formula is C18H15NO2. The van der Waals surface area contributed by atoms with Crippen molar-refractivity contribution in [3.8, 4) is 0 Å². The molecule has 104 valence electrons. The number of carbonyl (C=O) groups is 1. The molecule has 0 saturated heterocycles. The molecule has 0 heterocycles. The van der Waals surface area contributed by atoms with E-state index in [-0.39, 0.29) is 0 Å². The Balaban J connectivity index is 1.77. The fraction of sp³-hybridized carbons (Fsp3) is 0.0556. The Bertz CT molecular complexity index is 796. The van der Waals surface area contributed by atoms with Gasteiger partial charge in [-0.2, -0.15) is 0 Å². The maximum atomic E-state index is 10.9. The molecule has 0 saturated carbocycles. The average Bonchev–Trinajstić information content (AvgIpc) is 2.53. The molecule has 0 unspecified atom stereocenters. The molecule has 0 fully saturated rings. The molecule has 0 aliphatic rings. The topological polar surface area (TPSA) is 49.3 Å². The van der Waals surface area contributed by atoms with E-state index in [0.717, 1.165) is 11.3 Å². The second-order valence-electron chi connectivity index (χ2n) is 4.92. The first-order chi connectivity index (χ1) is 10.2. The Labute approximate surface area is 122 Å². The Hall–Kier alpha value is -2.81. The molecule has 0 aliphatic heterocycles. The van der Waals surface area contributed by atoms with Crippen LogP contribution < -0.4 is 5.32 Å². The fourth-order valence-corrected chi connectivity index (χ4v) is 2.32. The van der Waals surface area contributed by atoms with Crippen LogP contribution in [0.4, 0.5) is 5.69 Å². The molecule has 0 spiro atoms. The predicted molar refractivity (Wildman–Crippen MR) is 84.7 cm³/mol. The van der Waals surface area contributed by atoms with Crippen LogP contribution in [-0.4, -0.2) is 11.1 Å². The zero-order valence-corrected chi connectivity index (χ0v) is 11.4. The molecule has 3 nitrogen and oxygen atoms in total. The van der Waals surface area contributed by atoms with Crippen LogP contribution in [0, 0.1) is 0 Å². The Morgan fingerprint density at radius 2 is 1.71 bits per heavy atom. The van der Waals surface area contributed by atoms with Gasteiger partial charge in [0.25, 0.3) is 0 Å². The number of hydrogen-bond acceptors (Lipinski definition) is 2. The van der Waals surface area contributed by atoms with Gasteiger partial charge in [-0.3, -0.25) is 0 Å². The van der Waals surface area contributed by atoms with Crippen molar-refractivity contribution in [2.75, 3.05) is 5.32 Å². The first-order valence-electron chi connectivity index (χ1n) is 6.77. The molecular weight excluding hydrogens is 262 g/mol. The third-order valence-corrected chi connectivity index (χ3v) is 3.42. The van der Waals surface area contributed by atoms with E-state index in [1.165, 1.54) is 10.8 Å². The van der Waals surface area contributed by atoms with Gasteiger partial charge in [0.05, 0.1) is 5.56 Å². The summed E-state index contributed by atoms with van der Waals surface area (Å²) in [7, 11) is 0. The second-order valence-corrected chi connectivity index (χ2v) is 4.92. The maximum absolute atomic E-state index is 10.9. The van der Waals surface area contributed by atoms with Crippen molar-refractivity contribution in [1.82, 2.24) is 0 Å². The van der Waals surface area contributed by atoms with Gasteiger partial charge in [0, 0.05) is 12.2 Å². The molecule has 0 amide bonds. The summed E-state index contributed by atoms with van der Waals surface area (Å²) in [6.07, 6.45) is 0. The lowest BCUT2D eigenvalue weighted by Crippen LogP contribution is -2.01. The van der Waals surface area contributed by atoms with Crippen molar-refractivity contribution in [3.05, 3.63) is 77.9 Å². The summed E-state index contributed by atoms with van der Waals surface area (Å²) in [5.41, 5.74) is 2.26. The van der Waals surface area contributed by atoms with Gasteiger partial charge in [0.2, 0.25) is 0 Å². The van der Waals surface area contributed by atoms with Crippen LogP contribution >= 0.6 is 0 Å². The summed E-state index contributed by atoms with van der Waals surface area (Å²) >= 11 is 0. The van der Waals surface area contributed by atoms with E-state index in [1.54, 1.807) is 18.2 Å². The summed E-state index contributed by atoms with van der Waals surface area (Å²) in [4.78, 5) is 10.9. The van der Waals surface area contributed by atoms with Gasteiger partial charge in [-0.25, -0.2) is 4.79 Å². The molecule has 0 aromatic heterocycles. The molecule has 0 bridgehead atoms. The van der Waals surface area contributed by atoms with E-state index in [9.17, 15) is 4.79 Å². The van der Waals surface area contributed by atoms with Gasteiger partial charge >= 0.3 is 5.97 Å². The molecule has 3 aromatic rings. The van der Waals surface area contributed by atoms with Crippen LogP contribution in [0.5, 0.6) is 0 Å². The van der Waals surface area contributed by atoms with Gasteiger partial charge in [-0.1, -0.05) is 42.5 Å². The molecule has 0 radical (unpaired) electrons. The number of anilines is 1. The number of carboxylic acids is 1. The fourth-order valence-electron chi connectivity index (χ4n) is 2.32. The molecule has 0 atom stereocenters. The van der Waals surface area contributed by atoms with Gasteiger partial charge in [-0.05, 0) is 40.6 Å². The van der Waals surface area contributed by atoms with Crippen LogP contribution in [0.15, 0.2) is 66.7 Å². The summed E-state index contributed by atoms with van der Waals surface area (Å²) in [5.74, 6) is -0.913. The SMILES string of the molecule is O=C(O)c1cccc(NCc2ccc3ccccc3c2)c1.